The number of H-pyrrole nitrogens is 2. The van der Waals surface area contributed by atoms with Gasteiger partial charge >= 0.3 is 0 Å². The molecular formula is C24H26N4O. The van der Waals surface area contributed by atoms with Crippen LogP contribution in [0.3, 0.4) is 0 Å². The maximum absolute atomic E-state index is 13.1. The molecule has 29 heavy (non-hydrogen) atoms. The largest absolute Gasteiger partial charge is 0.350 e. The minimum Gasteiger partial charge on any atom is -0.350 e. The van der Waals surface area contributed by atoms with E-state index in [-0.39, 0.29) is 11.9 Å². The molecule has 148 valence electrons. The SMILES string of the molecule is CCc1c(C(=O)N[C@@H]2CCC[C@H](c3nc4ccccc4[nH]3)C2)[nH]c2ccccc12. The minimum absolute atomic E-state index is 0.00769. The van der Waals surface area contributed by atoms with Crippen molar-refractivity contribution in [2.45, 2.75) is 51.0 Å². The average molecular weight is 386 g/mol. The molecule has 5 rings (SSSR count). The zero-order valence-electron chi connectivity index (χ0n) is 16.7. The summed E-state index contributed by atoms with van der Waals surface area (Å²) >= 11 is 0. The molecule has 0 unspecified atom stereocenters. The van der Waals surface area contributed by atoms with Gasteiger partial charge in [-0.1, -0.05) is 43.7 Å². The zero-order valence-corrected chi connectivity index (χ0v) is 16.7. The highest BCUT2D eigenvalue weighted by molar-refractivity contribution is 6.01. The van der Waals surface area contributed by atoms with Crippen molar-refractivity contribution in [1.82, 2.24) is 20.3 Å². The summed E-state index contributed by atoms with van der Waals surface area (Å²) in [7, 11) is 0. The number of para-hydroxylation sites is 3. The summed E-state index contributed by atoms with van der Waals surface area (Å²) in [5.41, 5.74) is 4.93. The Morgan fingerprint density at radius 1 is 1.07 bits per heavy atom. The number of carbonyl (C=O) groups is 1. The monoisotopic (exact) mass is 386 g/mol. The molecule has 3 N–H and O–H groups in total. The zero-order chi connectivity index (χ0) is 19.8. The summed E-state index contributed by atoms with van der Waals surface area (Å²) in [4.78, 5) is 24.7. The minimum atomic E-state index is 0.00769. The van der Waals surface area contributed by atoms with Crippen LogP contribution in [0.1, 0.15) is 60.4 Å². The Hall–Kier alpha value is -3.08. The highest BCUT2D eigenvalue weighted by atomic mass is 16.1. The molecule has 5 heteroatoms. The Morgan fingerprint density at radius 3 is 2.69 bits per heavy atom. The number of hydrogen-bond acceptors (Lipinski definition) is 2. The molecule has 1 aliphatic carbocycles. The normalized spacial score (nSPS) is 19.6. The molecule has 2 heterocycles. The van der Waals surface area contributed by atoms with Gasteiger partial charge in [0, 0.05) is 22.9 Å². The number of hydrogen-bond donors (Lipinski definition) is 3. The van der Waals surface area contributed by atoms with E-state index in [2.05, 4.69) is 34.3 Å². The number of benzene rings is 2. The molecular weight excluding hydrogens is 360 g/mol. The van der Waals surface area contributed by atoms with Crippen molar-refractivity contribution in [2.75, 3.05) is 0 Å². The van der Waals surface area contributed by atoms with E-state index in [1.54, 1.807) is 0 Å². The molecule has 1 fully saturated rings. The lowest BCUT2D eigenvalue weighted by Crippen LogP contribution is -2.38. The van der Waals surface area contributed by atoms with Crippen LogP contribution in [-0.2, 0) is 6.42 Å². The second kappa shape index (κ2) is 7.39. The van der Waals surface area contributed by atoms with Gasteiger partial charge in [-0.15, -0.1) is 0 Å². The summed E-state index contributed by atoms with van der Waals surface area (Å²) < 4.78 is 0. The topological polar surface area (TPSA) is 73.6 Å². The van der Waals surface area contributed by atoms with Gasteiger partial charge in [-0.25, -0.2) is 4.98 Å². The van der Waals surface area contributed by atoms with Crippen LogP contribution in [0.4, 0.5) is 0 Å². The van der Waals surface area contributed by atoms with Crippen LogP contribution >= 0.6 is 0 Å². The van der Waals surface area contributed by atoms with E-state index in [1.807, 2.05) is 36.4 Å². The standard InChI is InChI=1S/C24H26N4O/c1-2-17-18-10-3-4-11-19(18)26-22(17)24(29)25-16-9-7-8-15(14-16)23-27-20-12-5-6-13-21(20)28-23/h3-6,10-13,15-16,26H,2,7-9,14H2,1H3,(H,25,29)(H,27,28)/t15-,16+/m0/s1. The van der Waals surface area contributed by atoms with Crippen molar-refractivity contribution in [3.8, 4) is 0 Å². The molecule has 1 saturated carbocycles. The van der Waals surface area contributed by atoms with E-state index in [4.69, 9.17) is 4.98 Å². The molecule has 4 aromatic rings. The van der Waals surface area contributed by atoms with Crippen molar-refractivity contribution in [2.24, 2.45) is 0 Å². The van der Waals surface area contributed by atoms with Crippen LogP contribution in [0.15, 0.2) is 48.5 Å². The molecule has 2 aromatic heterocycles. The molecule has 2 atom stereocenters. The van der Waals surface area contributed by atoms with Crippen molar-refractivity contribution >= 4 is 27.8 Å². The third kappa shape index (κ3) is 3.31. The predicted octanol–water partition coefficient (Wildman–Crippen LogP) is 5.06. The fourth-order valence-electron chi connectivity index (χ4n) is 4.75. The average Bonchev–Trinajstić information content (AvgIpc) is 3.35. The summed E-state index contributed by atoms with van der Waals surface area (Å²) in [6.07, 6.45) is 4.98. The Balaban J connectivity index is 1.34. The van der Waals surface area contributed by atoms with E-state index in [0.717, 1.165) is 65.4 Å². The fraction of sp³-hybridized carbons (Fsp3) is 0.333. The van der Waals surface area contributed by atoms with Crippen LogP contribution in [0, 0.1) is 0 Å². The Kier molecular flexibility index (Phi) is 4.58. The molecule has 1 amide bonds. The molecule has 0 bridgehead atoms. The quantitative estimate of drug-likeness (QED) is 0.458. The number of aryl methyl sites for hydroxylation is 1. The number of imidazole rings is 1. The Labute approximate surface area is 169 Å². The maximum Gasteiger partial charge on any atom is 0.268 e. The molecule has 0 spiro atoms. The molecule has 0 radical (unpaired) electrons. The van der Waals surface area contributed by atoms with Gasteiger partial charge in [0.15, 0.2) is 0 Å². The van der Waals surface area contributed by atoms with Gasteiger partial charge in [-0.3, -0.25) is 4.79 Å². The second-order valence-corrected chi connectivity index (χ2v) is 8.05. The summed E-state index contributed by atoms with van der Waals surface area (Å²) in [5, 5.41) is 4.44. The second-order valence-electron chi connectivity index (χ2n) is 8.05. The van der Waals surface area contributed by atoms with Gasteiger partial charge < -0.3 is 15.3 Å². The van der Waals surface area contributed by atoms with E-state index >= 15 is 0 Å². The molecule has 0 saturated heterocycles. The summed E-state index contributed by atoms with van der Waals surface area (Å²) in [5.74, 6) is 1.41. The van der Waals surface area contributed by atoms with Gasteiger partial charge in [0.05, 0.1) is 11.0 Å². The first-order valence-corrected chi connectivity index (χ1v) is 10.6. The van der Waals surface area contributed by atoms with Gasteiger partial charge in [0.1, 0.15) is 11.5 Å². The van der Waals surface area contributed by atoms with Crippen molar-refractivity contribution in [3.63, 3.8) is 0 Å². The summed E-state index contributed by atoms with van der Waals surface area (Å²) in [6.45, 7) is 2.10. The Morgan fingerprint density at radius 2 is 1.86 bits per heavy atom. The Bertz CT molecular complexity index is 1140. The van der Waals surface area contributed by atoms with E-state index < -0.39 is 0 Å². The first-order valence-electron chi connectivity index (χ1n) is 10.6. The maximum atomic E-state index is 13.1. The number of nitrogens with one attached hydrogen (secondary N) is 3. The van der Waals surface area contributed by atoms with Crippen LogP contribution in [0.25, 0.3) is 21.9 Å². The third-order valence-electron chi connectivity index (χ3n) is 6.20. The molecule has 1 aliphatic rings. The van der Waals surface area contributed by atoms with Gasteiger partial charge in [-0.05, 0) is 49.4 Å². The highest BCUT2D eigenvalue weighted by Crippen LogP contribution is 2.33. The fourth-order valence-corrected chi connectivity index (χ4v) is 4.75. The van der Waals surface area contributed by atoms with Crippen molar-refractivity contribution in [1.29, 1.82) is 0 Å². The number of aromatic nitrogens is 3. The molecule has 0 aliphatic heterocycles. The lowest BCUT2D eigenvalue weighted by molar-refractivity contribution is 0.0919. The van der Waals surface area contributed by atoms with Crippen molar-refractivity contribution < 1.29 is 4.79 Å². The number of nitrogens with zero attached hydrogens (tertiary/aromatic N) is 1. The first kappa shape index (κ1) is 18.0. The van der Waals surface area contributed by atoms with E-state index in [1.165, 1.54) is 0 Å². The van der Waals surface area contributed by atoms with Crippen molar-refractivity contribution in [3.05, 3.63) is 65.6 Å². The number of rotatable bonds is 4. The molecule has 5 nitrogen and oxygen atoms in total. The van der Waals surface area contributed by atoms with E-state index in [0.29, 0.717) is 11.6 Å². The number of aromatic amines is 2. The number of fused-ring (bicyclic) bond motifs is 2. The van der Waals surface area contributed by atoms with Crippen LogP contribution in [-0.4, -0.2) is 26.9 Å². The lowest BCUT2D eigenvalue weighted by Gasteiger charge is -2.28. The van der Waals surface area contributed by atoms with Crippen LogP contribution in [0.5, 0.6) is 0 Å². The smallest absolute Gasteiger partial charge is 0.268 e. The third-order valence-corrected chi connectivity index (χ3v) is 6.20. The lowest BCUT2D eigenvalue weighted by atomic mass is 9.85. The van der Waals surface area contributed by atoms with Crippen LogP contribution < -0.4 is 5.32 Å². The first-order chi connectivity index (χ1) is 14.2. The van der Waals surface area contributed by atoms with Crippen LogP contribution in [0.2, 0.25) is 0 Å². The number of carbonyl (C=O) groups excluding carboxylic acids is 1. The highest BCUT2D eigenvalue weighted by Gasteiger charge is 2.27. The van der Waals surface area contributed by atoms with Gasteiger partial charge in [0.2, 0.25) is 0 Å². The van der Waals surface area contributed by atoms with E-state index in [9.17, 15) is 4.79 Å². The summed E-state index contributed by atoms with van der Waals surface area (Å²) in [6, 6.07) is 16.5. The van der Waals surface area contributed by atoms with Gasteiger partial charge in [0.25, 0.3) is 5.91 Å². The van der Waals surface area contributed by atoms with Gasteiger partial charge in [-0.2, -0.15) is 0 Å². The molecule has 2 aromatic carbocycles. The predicted molar refractivity (Wildman–Crippen MR) is 116 cm³/mol. The number of amides is 1.